The minimum absolute atomic E-state index is 0.0985. The van der Waals surface area contributed by atoms with Gasteiger partial charge in [0.05, 0.1) is 11.7 Å². The third-order valence-corrected chi connectivity index (χ3v) is 6.98. The molecule has 1 saturated heterocycles. The Labute approximate surface area is 210 Å². The second-order valence-corrected chi connectivity index (χ2v) is 9.44. The predicted molar refractivity (Wildman–Crippen MR) is 144 cm³/mol. The molecule has 34 heavy (non-hydrogen) atoms. The van der Waals surface area contributed by atoms with Crippen LogP contribution in [0, 0.1) is 6.92 Å². The van der Waals surface area contributed by atoms with Crippen molar-refractivity contribution >= 4 is 40.3 Å². The molecule has 4 aromatic rings. The lowest BCUT2D eigenvalue weighted by Gasteiger charge is -2.29. The number of rotatable bonds is 5. The fourth-order valence-corrected chi connectivity index (χ4v) is 4.96. The van der Waals surface area contributed by atoms with Crippen LogP contribution >= 0.6 is 23.8 Å². The summed E-state index contributed by atoms with van der Waals surface area (Å²) in [5.74, 6) is 0. The lowest BCUT2D eigenvalue weighted by molar-refractivity contribution is 0.549. The van der Waals surface area contributed by atoms with Crippen molar-refractivity contribution in [2.75, 3.05) is 23.9 Å². The SMILES string of the molecule is Cc1cc(-n2cccc2C2C(c3ccccn3)NC(=S)N2c2ccc(N(C)C)cc2)ccc1Cl. The van der Waals surface area contributed by atoms with Crippen molar-refractivity contribution in [3.05, 3.63) is 107 Å². The Morgan fingerprint density at radius 2 is 1.74 bits per heavy atom. The third-order valence-electron chi connectivity index (χ3n) is 6.25. The fourth-order valence-electron chi connectivity index (χ4n) is 4.49. The van der Waals surface area contributed by atoms with Crippen LogP contribution in [0.2, 0.25) is 5.02 Å². The van der Waals surface area contributed by atoms with Crippen molar-refractivity contribution in [3.8, 4) is 5.69 Å². The molecule has 2 unspecified atom stereocenters. The van der Waals surface area contributed by atoms with E-state index in [9.17, 15) is 0 Å². The van der Waals surface area contributed by atoms with E-state index in [4.69, 9.17) is 23.8 Å². The Hall–Kier alpha value is -3.35. The molecular weight excluding hydrogens is 462 g/mol. The highest BCUT2D eigenvalue weighted by Crippen LogP contribution is 2.42. The van der Waals surface area contributed by atoms with E-state index in [1.807, 2.05) is 57.5 Å². The van der Waals surface area contributed by atoms with Crippen LogP contribution in [0.4, 0.5) is 11.4 Å². The third kappa shape index (κ3) is 4.04. The molecule has 1 fully saturated rings. The first-order valence-corrected chi connectivity index (χ1v) is 11.9. The van der Waals surface area contributed by atoms with E-state index in [0.717, 1.165) is 39.0 Å². The Kier molecular flexibility index (Phi) is 6.02. The van der Waals surface area contributed by atoms with Gasteiger partial charge in [-0.2, -0.15) is 0 Å². The van der Waals surface area contributed by atoms with E-state index < -0.39 is 0 Å². The van der Waals surface area contributed by atoms with E-state index in [1.165, 1.54) is 0 Å². The maximum Gasteiger partial charge on any atom is 0.174 e. The molecule has 0 spiro atoms. The van der Waals surface area contributed by atoms with E-state index in [0.29, 0.717) is 5.11 Å². The molecule has 0 radical (unpaired) electrons. The van der Waals surface area contributed by atoms with Gasteiger partial charge in [-0.25, -0.2) is 0 Å². The molecular formula is C27H26ClN5S. The highest BCUT2D eigenvalue weighted by Gasteiger charge is 2.42. The van der Waals surface area contributed by atoms with Gasteiger partial charge >= 0.3 is 0 Å². The number of hydrogen-bond donors (Lipinski definition) is 1. The smallest absolute Gasteiger partial charge is 0.174 e. The molecule has 1 aliphatic heterocycles. The Bertz CT molecular complexity index is 1320. The van der Waals surface area contributed by atoms with Gasteiger partial charge in [0, 0.05) is 54.3 Å². The summed E-state index contributed by atoms with van der Waals surface area (Å²) in [7, 11) is 4.08. The molecule has 0 amide bonds. The molecule has 0 aliphatic carbocycles. The molecule has 172 valence electrons. The Balaban J connectivity index is 1.64. The highest BCUT2D eigenvalue weighted by molar-refractivity contribution is 7.80. The number of pyridine rings is 1. The van der Waals surface area contributed by atoms with Crippen LogP contribution in [-0.4, -0.2) is 28.8 Å². The molecule has 0 saturated carbocycles. The molecule has 5 nitrogen and oxygen atoms in total. The zero-order valence-electron chi connectivity index (χ0n) is 19.3. The first kappa shape index (κ1) is 22.4. The van der Waals surface area contributed by atoms with Crippen LogP contribution in [-0.2, 0) is 0 Å². The van der Waals surface area contributed by atoms with Gasteiger partial charge in [-0.3, -0.25) is 4.98 Å². The number of hydrogen-bond acceptors (Lipinski definition) is 3. The van der Waals surface area contributed by atoms with Gasteiger partial charge in [-0.1, -0.05) is 17.7 Å². The quantitative estimate of drug-likeness (QED) is 0.345. The molecule has 1 aliphatic rings. The molecule has 2 atom stereocenters. The van der Waals surface area contributed by atoms with Crippen LogP contribution in [0.1, 0.15) is 29.0 Å². The lowest BCUT2D eigenvalue weighted by atomic mass is 10.0. The van der Waals surface area contributed by atoms with Crippen molar-refractivity contribution < 1.29 is 0 Å². The number of anilines is 2. The van der Waals surface area contributed by atoms with Gasteiger partial charge in [0.25, 0.3) is 0 Å². The average molecular weight is 488 g/mol. The monoisotopic (exact) mass is 487 g/mol. The molecule has 2 aromatic carbocycles. The number of halogens is 1. The van der Waals surface area contributed by atoms with E-state index in [1.54, 1.807) is 0 Å². The largest absolute Gasteiger partial charge is 0.378 e. The fraction of sp³-hybridized carbons (Fsp3) is 0.185. The summed E-state index contributed by atoms with van der Waals surface area (Å²) < 4.78 is 2.21. The van der Waals surface area contributed by atoms with Gasteiger partial charge in [0.1, 0.15) is 6.04 Å². The van der Waals surface area contributed by atoms with Crippen LogP contribution in [0.25, 0.3) is 5.69 Å². The average Bonchev–Trinajstić information content (AvgIpc) is 3.45. The van der Waals surface area contributed by atoms with Crippen LogP contribution in [0.15, 0.2) is 85.2 Å². The standard InChI is InChI=1S/C27H26ClN5S/c1-18-17-21(13-14-22(18)28)32-16-6-8-24(32)26-25(23-7-4-5-15-29-23)30-27(34)33(26)20-11-9-19(10-12-20)31(2)3/h4-17,25-26H,1-3H3,(H,30,34). The molecule has 0 bridgehead atoms. The van der Waals surface area contributed by atoms with Crippen molar-refractivity contribution in [1.82, 2.24) is 14.9 Å². The van der Waals surface area contributed by atoms with Crippen molar-refractivity contribution in [1.29, 1.82) is 0 Å². The van der Waals surface area contributed by atoms with E-state index in [-0.39, 0.29) is 12.1 Å². The van der Waals surface area contributed by atoms with Crippen molar-refractivity contribution in [2.45, 2.75) is 19.0 Å². The summed E-state index contributed by atoms with van der Waals surface area (Å²) in [5.41, 5.74) is 6.33. The summed E-state index contributed by atoms with van der Waals surface area (Å²) in [6.45, 7) is 2.02. The molecule has 1 N–H and O–H groups in total. The van der Waals surface area contributed by atoms with E-state index >= 15 is 0 Å². The van der Waals surface area contributed by atoms with Crippen LogP contribution < -0.4 is 15.1 Å². The summed E-state index contributed by atoms with van der Waals surface area (Å²) in [4.78, 5) is 8.95. The molecule has 2 aromatic heterocycles. The summed E-state index contributed by atoms with van der Waals surface area (Å²) >= 11 is 12.2. The summed E-state index contributed by atoms with van der Waals surface area (Å²) in [6.07, 6.45) is 3.91. The van der Waals surface area contributed by atoms with Crippen LogP contribution in [0.5, 0.6) is 0 Å². The predicted octanol–water partition coefficient (Wildman–Crippen LogP) is 6.08. The van der Waals surface area contributed by atoms with Crippen LogP contribution in [0.3, 0.4) is 0 Å². The minimum atomic E-state index is -0.107. The maximum atomic E-state index is 6.31. The summed E-state index contributed by atoms with van der Waals surface area (Å²) in [5, 5.41) is 4.98. The molecule has 5 rings (SSSR count). The van der Waals surface area contributed by atoms with Gasteiger partial charge in [0.15, 0.2) is 5.11 Å². The number of aryl methyl sites for hydroxylation is 1. The minimum Gasteiger partial charge on any atom is -0.378 e. The topological polar surface area (TPSA) is 36.3 Å². The summed E-state index contributed by atoms with van der Waals surface area (Å²) in [6, 6.07) is 24.6. The first-order valence-electron chi connectivity index (χ1n) is 11.2. The first-order chi connectivity index (χ1) is 16.4. The van der Waals surface area contributed by atoms with Crippen molar-refractivity contribution in [2.24, 2.45) is 0 Å². The van der Waals surface area contributed by atoms with Crippen molar-refractivity contribution in [3.63, 3.8) is 0 Å². The number of nitrogens with zero attached hydrogens (tertiary/aromatic N) is 4. The maximum absolute atomic E-state index is 6.31. The highest BCUT2D eigenvalue weighted by atomic mass is 35.5. The molecule has 7 heteroatoms. The Morgan fingerprint density at radius 1 is 0.971 bits per heavy atom. The number of aromatic nitrogens is 2. The number of thiocarbonyl (C=S) groups is 1. The number of benzene rings is 2. The van der Waals surface area contributed by atoms with Gasteiger partial charge in [0.2, 0.25) is 0 Å². The zero-order chi connectivity index (χ0) is 23.8. The second-order valence-electron chi connectivity index (χ2n) is 8.64. The number of nitrogens with one attached hydrogen (secondary N) is 1. The van der Waals surface area contributed by atoms with Gasteiger partial charge < -0.3 is 19.7 Å². The van der Waals surface area contributed by atoms with E-state index in [2.05, 4.69) is 73.3 Å². The van der Waals surface area contributed by atoms with Gasteiger partial charge in [-0.15, -0.1) is 0 Å². The Morgan fingerprint density at radius 3 is 2.41 bits per heavy atom. The van der Waals surface area contributed by atoms with Gasteiger partial charge in [-0.05, 0) is 91.4 Å². The second kappa shape index (κ2) is 9.12. The normalized spacial score (nSPS) is 17.6. The molecule has 3 heterocycles. The lowest BCUT2D eigenvalue weighted by Crippen LogP contribution is -2.30. The zero-order valence-corrected chi connectivity index (χ0v) is 20.9.